The Morgan fingerprint density at radius 3 is 2.50 bits per heavy atom. The largest absolute Gasteiger partial charge is 0.493 e. The van der Waals surface area contributed by atoms with Crippen LogP contribution in [0.5, 0.6) is 11.5 Å². The molecule has 6 nitrogen and oxygen atoms in total. The number of carbonyl (C=O) groups excluding carboxylic acids is 2. The first-order valence-electron chi connectivity index (χ1n) is 10.1. The molecule has 166 valence electrons. The molecule has 0 atom stereocenters. The lowest BCUT2D eigenvalue weighted by Crippen LogP contribution is -2.35. The third kappa shape index (κ3) is 6.21. The van der Waals surface area contributed by atoms with Crippen LogP contribution in [0.1, 0.15) is 26.4 Å². The zero-order valence-corrected chi connectivity index (χ0v) is 19.1. The van der Waals surface area contributed by atoms with Crippen LogP contribution in [0.15, 0.2) is 65.7 Å². The Morgan fingerprint density at radius 1 is 1.00 bits per heavy atom. The SMILES string of the molecule is COc1ccc(CCNC(=O)/C(=C/c2cccs2)NC(=O)c2cccc(C)c2)cc1OC. The molecule has 0 saturated heterocycles. The number of carbonyl (C=O) groups is 2. The zero-order valence-electron chi connectivity index (χ0n) is 18.3. The Bertz CT molecular complexity index is 1110. The number of rotatable bonds is 9. The number of benzene rings is 2. The summed E-state index contributed by atoms with van der Waals surface area (Å²) in [4.78, 5) is 26.5. The number of amides is 2. The van der Waals surface area contributed by atoms with E-state index in [1.54, 1.807) is 32.4 Å². The van der Waals surface area contributed by atoms with E-state index in [2.05, 4.69) is 10.6 Å². The maximum absolute atomic E-state index is 12.9. The van der Waals surface area contributed by atoms with Gasteiger partial charge in [0, 0.05) is 17.0 Å². The minimum absolute atomic E-state index is 0.200. The second-order valence-electron chi connectivity index (χ2n) is 7.09. The quantitative estimate of drug-likeness (QED) is 0.479. The zero-order chi connectivity index (χ0) is 22.9. The molecule has 0 fully saturated rings. The summed E-state index contributed by atoms with van der Waals surface area (Å²) < 4.78 is 10.6. The smallest absolute Gasteiger partial charge is 0.267 e. The van der Waals surface area contributed by atoms with Crippen LogP contribution in [-0.4, -0.2) is 32.6 Å². The summed E-state index contributed by atoms with van der Waals surface area (Å²) in [6.07, 6.45) is 2.29. The molecular weight excluding hydrogens is 424 g/mol. The molecule has 2 N–H and O–H groups in total. The predicted octanol–water partition coefficient (Wildman–Crippen LogP) is 4.20. The Morgan fingerprint density at radius 2 is 1.81 bits per heavy atom. The fourth-order valence-electron chi connectivity index (χ4n) is 3.11. The van der Waals surface area contributed by atoms with Gasteiger partial charge in [-0.05, 0) is 60.7 Å². The normalized spacial score (nSPS) is 11.0. The highest BCUT2D eigenvalue weighted by molar-refractivity contribution is 7.10. The lowest BCUT2D eigenvalue weighted by atomic mass is 10.1. The second kappa shape index (κ2) is 11.2. The molecule has 0 aliphatic heterocycles. The molecular formula is C25H26N2O4S. The molecule has 0 bridgehead atoms. The Balaban J connectivity index is 1.68. The highest BCUT2D eigenvalue weighted by Crippen LogP contribution is 2.27. The highest BCUT2D eigenvalue weighted by atomic mass is 32.1. The molecule has 32 heavy (non-hydrogen) atoms. The van der Waals surface area contributed by atoms with E-state index >= 15 is 0 Å². The van der Waals surface area contributed by atoms with Crippen LogP contribution in [0.3, 0.4) is 0 Å². The van der Waals surface area contributed by atoms with E-state index < -0.39 is 0 Å². The van der Waals surface area contributed by atoms with Crippen LogP contribution in [0, 0.1) is 6.92 Å². The molecule has 3 rings (SSSR count). The van der Waals surface area contributed by atoms with Crippen molar-refractivity contribution in [1.82, 2.24) is 10.6 Å². The molecule has 1 aromatic heterocycles. The summed E-state index contributed by atoms with van der Waals surface area (Å²) in [5.41, 5.74) is 2.67. The van der Waals surface area contributed by atoms with Crippen molar-refractivity contribution in [1.29, 1.82) is 0 Å². The summed E-state index contributed by atoms with van der Waals surface area (Å²) in [5, 5.41) is 7.57. The summed E-state index contributed by atoms with van der Waals surface area (Å²) >= 11 is 1.49. The van der Waals surface area contributed by atoms with Crippen molar-refractivity contribution in [3.05, 3.63) is 87.2 Å². The monoisotopic (exact) mass is 450 g/mol. The van der Waals surface area contributed by atoms with E-state index in [1.807, 2.05) is 54.8 Å². The molecule has 0 aliphatic carbocycles. The van der Waals surface area contributed by atoms with Crippen molar-refractivity contribution in [2.75, 3.05) is 20.8 Å². The Kier molecular flexibility index (Phi) is 8.05. The van der Waals surface area contributed by atoms with Gasteiger partial charge in [0.25, 0.3) is 11.8 Å². The summed E-state index contributed by atoms with van der Waals surface area (Å²) in [6.45, 7) is 2.32. The van der Waals surface area contributed by atoms with Crippen molar-refractivity contribution in [3.63, 3.8) is 0 Å². The van der Waals surface area contributed by atoms with E-state index in [-0.39, 0.29) is 17.5 Å². The molecule has 7 heteroatoms. The van der Waals surface area contributed by atoms with Crippen LogP contribution < -0.4 is 20.1 Å². The van der Waals surface area contributed by atoms with Crippen molar-refractivity contribution in [3.8, 4) is 11.5 Å². The van der Waals surface area contributed by atoms with Gasteiger partial charge in [0.1, 0.15) is 5.70 Å². The summed E-state index contributed by atoms with van der Waals surface area (Å²) in [6, 6.07) is 16.7. The van der Waals surface area contributed by atoms with Crippen LogP contribution in [0.25, 0.3) is 6.08 Å². The Hall–Kier alpha value is -3.58. The van der Waals surface area contributed by atoms with Gasteiger partial charge < -0.3 is 20.1 Å². The van der Waals surface area contributed by atoms with E-state index in [0.717, 1.165) is 16.0 Å². The minimum atomic E-state index is -0.347. The van der Waals surface area contributed by atoms with E-state index in [1.165, 1.54) is 11.3 Å². The van der Waals surface area contributed by atoms with E-state index in [0.29, 0.717) is 30.0 Å². The third-order valence-electron chi connectivity index (χ3n) is 4.75. The maximum atomic E-state index is 12.9. The first-order chi connectivity index (χ1) is 15.5. The average Bonchev–Trinajstić information content (AvgIpc) is 3.31. The van der Waals surface area contributed by atoms with Crippen LogP contribution in [-0.2, 0) is 11.2 Å². The van der Waals surface area contributed by atoms with Gasteiger partial charge in [0.2, 0.25) is 0 Å². The van der Waals surface area contributed by atoms with Crippen molar-refractivity contribution < 1.29 is 19.1 Å². The van der Waals surface area contributed by atoms with Crippen molar-refractivity contribution in [2.45, 2.75) is 13.3 Å². The van der Waals surface area contributed by atoms with Crippen molar-refractivity contribution in [2.24, 2.45) is 0 Å². The molecule has 3 aromatic rings. The number of thiophene rings is 1. The van der Waals surface area contributed by atoms with Gasteiger partial charge in [0.15, 0.2) is 11.5 Å². The Labute approximate surface area is 191 Å². The topological polar surface area (TPSA) is 76.7 Å². The first kappa shape index (κ1) is 23.1. The van der Waals surface area contributed by atoms with Crippen molar-refractivity contribution >= 4 is 29.2 Å². The lowest BCUT2D eigenvalue weighted by Gasteiger charge is -2.12. The van der Waals surface area contributed by atoms with Gasteiger partial charge in [-0.3, -0.25) is 9.59 Å². The molecule has 0 radical (unpaired) electrons. The number of hydrogen-bond acceptors (Lipinski definition) is 5. The third-order valence-corrected chi connectivity index (χ3v) is 5.57. The van der Waals surface area contributed by atoms with Gasteiger partial charge >= 0.3 is 0 Å². The summed E-state index contributed by atoms with van der Waals surface area (Å²) in [7, 11) is 3.17. The fraction of sp³-hybridized carbons (Fsp3) is 0.200. The van der Waals surface area contributed by atoms with Gasteiger partial charge in [-0.1, -0.05) is 29.8 Å². The summed E-state index contributed by atoms with van der Waals surface area (Å²) in [5.74, 6) is 0.617. The van der Waals surface area contributed by atoms with Gasteiger partial charge in [-0.25, -0.2) is 0 Å². The van der Waals surface area contributed by atoms with Gasteiger partial charge in [-0.15, -0.1) is 11.3 Å². The molecule has 0 saturated carbocycles. The average molecular weight is 451 g/mol. The molecule has 2 aromatic carbocycles. The van der Waals surface area contributed by atoms with Gasteiger partial charge in [0.05, 0.1) is 14.2 Å². The molecule has 0 unspecified atom stereocenters. The number of aryl methyl sites for hydroxylation is 1. The number of hydrogen-bond donors (Lipinski definition) is 2. The van der Waals surface area contributed by atoms with Gasteiger partial charge in [-0.2, -0.15) is 0 Å². The number of nitrogens with one attached hydrogen (secondary N) is 2. The molecule has 1 heterocycles. The van der Waals surface area contributed by atoms with E-state index in [4.69, 9.17) is 9.47 Å². The second-order valence-corrected chi connectivity index (χ2v) is 8.07. The fourth-order valence-corrected chi connectivity index (χ4v) is 3.76. The van der Waals surface area contributed by atoms with Crippen LogP contribution in [0.2, 0.25) is 0 Å². The molecule has 0 spiro atoms. The number of ether oxygens (including phenoxy) is 2. The van der Waals surface area contributed by atoms with Crippen LogP contribution in [0.4, 0.5) is 0 Å². The minimum Gasteiger partial charge on any atom is -0.493 e. The van der Waals surface area contributed by atoms with E-state index in [9.17, 15) is 9.59 Å². The first-order valence-corrected chi connectivity index (χ1v) is 11.0. The number of methoxy groups -OCH3 is 2. The maximum Gasteiger partial charge on any atom is 0.267 e. The molecule has 0 aliphatic rings. The predicted molar refractivity (Wildman–Crippen MR) is 127 cm³/mol. The molecule has 2 amide bonds. The van der Waals surface area contributed by atoms with Crippen LogP contribution >= 0.6 is 11.3 Å². The highest BCUT2D eigenvalue weighted by Gasteiger charge is 2.15. The standard InChI is InChI=1S/C25H26N2O4S/c1-17-6-4-7-19(14-17)24(28)27-21(16-20-8-5-13-32-20)25(29)26-12-11-18-9-10-22(30-2)23(15-18)31-3/h4-10,13-16H,11-12H2,1-3H3,(H,26,29)(H,27,28)/b21-16-. The lowest BCUT2D eigenvalue weighted by molar-refractivity contribution is -0.117.